The monoisotopic (exact) mass is 239 g/mol. The van der Waals surface area contributed by atoms with Crippen molar-refractivity contribution in [2.45, 2.75) is 63.8 Å². The van der Waals surface area contributed by atoms with E-state index < -0.39 is 5.97 Å². The van der Waals surface area contributed by atoms with Crippen LogP contribution in [0.15, 0.2) is 0 Å². The summed E-state index contributed by atoms with van der Waals surface area (Å²) in [5.74, 6) is -0.681. The van der Waals surface area contributed by atoms with Gasteiger partial charge in [-0.05, 0) is 51.0 Å². The molecule has 98 valence electrons. The van der Waals surface area contributed by atoms with E-state index in [-0.39, 0.29) is 6.42 Å². The molecule has 0 saturated heterocycles. The third-order valence-electron chi connectivity index (χ3n) is 4.98. The summed E-state index contributed by atoms with van der Waals surface area (Å²) in [5.41, 5.74) is 0.685. The summed E-state index contributed by atoms with van der Waals surface area (Å²) in [4.78, 5) is 12.8. The van der Waals surface area contributed by atoms with E-state index in [2.05, 4.69) is 11.9 Å². The van der Waals surface area contributed by atoms with Crippen LogP contribution in [0.1, 0.15) is 57.8 Å². The molecule has 0 aromatic carbocycles. The third kappa shape index (κ3) is 3.21. The molecule has 0 aliphatic heterocycles. The molecule has 2 rings (SSSR count). The van der Waals surface area contributed by atoms with Gasteiger partial charge in [0.1, 0.15) is 0 Å². The molecule has 0 atom stereocenters. The molecule has 2 saturated carbocycles. The fourth-order valence-electron chi connectivity index (χ4n) is 3.74. The van der Waals surface area contributed by atoms with Gasteiger partial charge in [0.15, 0.2) is 0 Å². The van der Waals surface area contributed by atoms with Crippen LogP contribution >= 0.6 is 0 Å². The van der Waals surface area contributed by atoms with Crippen LogP contribution in [0.4, 0.5) is 0 Å². The van der Waals surface area contributed by atoms with Gasteiger partial charge in [0.25, 0.3) is 0 Å². The van der Waals surface area contributed by atoms with Crippen molar-refractivity contribution in [1.82, 2.24) is 4.90 Å². The highest BCUT2D eigenvalue weighted by atomic mass is 16.4. The zero-order chi connectivity index (χ0) is 12.3. The van der Waals surface area contributed by atoms with Crippen LogP contribution in [0, 0.1) is 5.41 Å². The maximum absolute atomic E-state index is 10.6. The smallest absolute Gasteiger partial charge is 0.304 e. The molecule has 0 aromatic rings. The van der Waals surface area contributed by atoms with Gasteiger partial charge in [-0.2, -0.15) is 0 Å². The van der Waals surface area contributed by atoms with Gasteiger partial charge in [0.2, 0.25) is 0 Å². The van der Waals surface area contributed by atoms with Crippen LogP contribution in [0.2, 0.25) is 0 Å². The molecule has 17 heavy (non-hydrogen) atoms. The first-order valence-corrected chi connectivity index (χ1v) is 7.03. The number of aliphatic carboxylic acids is 1. The zero-order valence-corrected chi connectivity index (χ0v) is 11.0. The van der Waals surface area contributed by atoms with E-state index in [1.807, 2.05) is 0 Å². The molecule has 0 bridgehead atoms. The van der Waals surface area contributed by atoms with E-state index in [4.69, 9.17) is 5.11 Å². The quantitative estimate of drug-likeness (QED) is 0.820. The van der Waals surface area contributed by atoms with E-state index >= 15 is 0 Å². The van der Waals surface area contributed by atoms with E-state index in [1.54, 1.807) is 0 Å². The highest BCUT2D eigenvalue weighted by Gasteiger charge is 2.38. The molecule has 1 spiro atoms. The molecule has 2 aliphatic rings. The third-order valence-corrected chi connectivity index (χ3v) is 4.98. The maximum Gasteiger partial charge on any atom is 0.304 e. The first kappa shape index (κ1) is 12.9. The summed E-state index contributed by atoms with van der Waals surface area (Å²) in [5, 5.41) is 8.70. The molecule has 0 radical (unpaired) electrons. The Balaban J connectivity index is 1.76. The fraction of sp³-hybridized carbons (Fsp3) is 0.929. The molecule has 2 fully saturated rings. The van der Waals surface area contributed by atoms with Crippen LogP contribution in [0.5, 0.6) is 0 Å². The van der Waals surface area contributed by atoms with Gasteiger partial charge in [0.05, 0.1) is 6.42 Å². The number of carboxylic acids is 1. The minimum atomic E-state index is -0.681. The molecule has 3 heteroatoms. The lowest BCUT2D eigenvalue weighted by Gasteiger charge is -2.40. The Hall–Kier alpha value is -0.570. The Morgan fingerprint density at radius 3 is 2.35 bits per heavy atom. The van der Waals surface area contributed by atoms with Gasteiger partial charge >= 0.3 is 5.97 Å². The zero-order valence-electron chi connectivity index (χ0n) is 11.0. The molecule has 1 N–H and O–H groups in total. The number of nitrogens with zero attached hydrogens (tertiary/aromatic N) is 1. The Labute approximate surface area is 104 Å². The molecule has 0 heterocycles. The molecule has 0 aromatic heterocycles. The summed E-state index contributed by atoms with van der Waals surface area (Å²) in [6.45, 7) is 0.701. The van der Waals surface area contributed by atoms with Crippen LogP contribution in [-0.4, -0.2) is 35.6 Å². The highest BCUT2D eigenvalue weighted by Crippen LogP contribution is 2.49. The van der Waals surface area contributed by atoms with Crippen molar-refractivity contribution in [3.63, 3.8) is 0 Å². The standard InChI is InChI=1S/C14H25NO2/c1-15(11-6-13(16)17)12-4-9-14(10-5-12)7-2-3-8-14/h12H,2-11H2,1H3,(H,16,17). The lowest BCUT2D eigenvalue weighted by Crippen LogP contribution is -2.39. The molecule has 3 nitrogen and oxygen atoms in total. The van der Waals surface area contributed by atoms with Gasteiger partial charge in [-0.3, -0.25) is 4.79 Å². The van der Waals surface area contributed by atoms with Crippen LogP contribution in [0.3, 0.4) is 0 Å². The molecular formula is C14H25NO2. The van der Waals surface area contributed by atoms with E-state index in [0.29, 0.717) is 18.0 Å². The Morgan fingerprint density at radius 2 is 1.82 bits per heavy atom. The van der Waals surface area contributed by atoms with Crippen LogP contribution in [0.25, 0.3) is 0 Å². The van der Waals surface area contributed by atoms with Gasteiger partial charge in [-0.25, -0.2) is 0 Å². The van der Waals surface area contributed by atoms with Gasteiger partial charge in [0, 0.05) is 12.6 Å². The Morgan fingerprint density at radius 1 is 1.24 bits per heavy atom. The second-order valence-corrected chi connectivity index (χ2v) is 6.06. The molecule has 0 amide bonds. The van der Waals surface area contributed by atoms with E-state index in [0.717, 1.165) is 0 Å². The predicted molar refractivity (Wildman–Crippen MR) is 68.0 cm³/mol. The van der Waals surface area contributed by atoms with Crippen molar-refractivity contribution in [3.05, 3.63) is 0 Å². The first-order chi connectivity index (χ1) is 8.11. The maximum atomic E-state index is 10.6. The summed E-state index contributed by atoms with van der Waals surface area (Å²) in [6, 6.07) is 0.626. The lowest BCUT2D eigenvalue weighted by atomic mass is 9.71. The second-order valence-electron chi connectivity index (χ2n) is 6.06. The van der Waals surface area contributed by atoms with Gasteiger partial charge in [-0.1, -0.05) is 12.8 Å². The lowest BCUT2D eigenvalue weighted by molar-refractivity contribution is -0.137. The average molecular weight is 239 g/mol. The predicted octanol–water partition coefficient (Wildman–Crippen LogP) is 2.90. The number of rotatable bonds is 4. The van der Waals surface area contributed by atoms with Gasteiger partial charge in [-0.15, -0.1) is 0 Å². The molecule has 0 unspecified atom stereocenters. The minimum Gasteiger partial charge on any atom is -0.481 e. The van der Waals surface area contributed by atoms with Gasteiger partial charge < -0.3 is 10.0 Å². The highest BCUT2D eigenvalue weighted by molar-refractivity contribution is 5.66. The SMILES string of the molecule is CN(CCC(=O)O)C1CCC2(CCCC2)CC1. The number of hydrogen-bond acceptors (Lipinski definition) is 2. The largest absolute Gasteiger partial charge is 0.481 e. The summed E-state index contributed by atoms with van der Waals surface area (Å²) in [6.07, 6.45) is 11.3. The number of hydrogen-bond donors (Lipinski definition) is 1. The van der Waals surface area contributed by atoms with Crippen molar-refractivity contribution in [2.75, 3.05) is 13.6 Å². The van der Waals surface area contributed by atoms with Crippen molar-refractivity contribution >= 4 is 5.97 Å². The average Bonchev–Trinajstić information content (AvgIpc) is 2.75. The summed E-state index contributed by atoms with van der Waals surface area (Å²) in [7, 11) is 2.08. The van der Waals surface area contributed by atoms with Crippen molar-refractivity contribution in [2.24, 2.45) is 5.41 Å². The normalized spacial score (nSPS) is 24.6. The second kappa shape index (κ2) is 5.38. The van der Waals surface area contributed by atoms with Crippen molar-refractivity contribution in [3.8, 4) is 0 Å². The Kier molecular flexibility index (Phi) is 4.08. The first-order valence-electron chi connectivity index (χ1n) is 7.03. The van der Waals surface area contributed by atoms with Crippen LogP contribution < -0.4 is 0 Å². The van der Waals surface area contributed by atoms with Crippen molar-refractivity contribution in [1.29, 1.82) is 0 Å². The van der Waals surface area contributed by atoms with Crippen LogP contribution in [-0.2, 0) is 4.79 Å². The fourth-order valence-corrected chi connectivity index (χ4v) is 3.74. The molecular weight excluding hydrogens is 214 g/mol. The molecule has 2 aliphatic carbocycles. The van der Waals surface area contributed by atoms with E-state index in [9.17, 15) is 4.79 Å². The summed E-state index contributed by atoms with van der Waals surface area (Å²) < 4.78 is 0. The number of carboxylic acid groups (broad SMARTS) is 1. The number of carbonyl (C=O) groups is 1. The summed E-state index contributed by atoms with van der Waals surface area (Å²) >= 11 is 0. The topological polar surface area (TPSA) is 40.5 Å². The Bertz CT molecular complexity index is 261. The minimum absolute atomic E-state index is 0.276. The van der Waals surface area contributed by atoms with E-state index in [1.165, 1.54) is 51.4 Å². The van der Waals surface area contributed by atoms with Crippen molar-refractivity contribution < 1.29 is 9.90 Å².